The Bertz CT molecular complexity index is 723. The molecule has 0 bridgehead atoms. The van der Waals surface area contributed by atoms with E-state index in [-0.39, 0.29) is 5.41 Å². The van der Waals surface area contributed by atoms with E-state index in [2.05, 4.69) is 66.7 Å². The van der Waals surface area contributed by atoms with Crippen LogP contribution in [0.25, 0.3) is 10.8 Å². The van der Waals surface area contributed by atoms with E-state index in [1.807, 2.05) is 0 Å². The number of rotatable bonds is 2. The van der Waals surface area contributed by atoms with Gasteiger partial charge in [-0.1, -0.05) is 56.3 Å². The second-order valence-corrected chi connectivity index (χ2v) is 6.11. The van der Waals surface area contributed by atoms with Crippen molar-refractivity contribution >= 4 is 27.2 Å². The molecule has 3 aromatic rings. The largest absolute Gasteiger partial charge is 0.375 e. The first-order valence-electron chi connectivity index (χ1n) is 6.29. The number of anilines is 1. The summed E-state index contributed by atoms with van der Waals surface area (Å²) in [4.78, 5) is 4.46. The normalized spacial score (nSPS) is 11.9. The fraction of sp³-hybridized carbons (Fsp3) is 0.188. The molecule has 3 heteroatoms. The summed E-state index contributed by atoms with van der Waals surface area (Å²) in [5, 5.41) is 5.22. The molecular weight excluding hydrogens is 252 g/mol. The molecule has 0 spiro atoms. The molecule has 2 nitrogen and oxygen atoms in total. The number of hydrogen-bond donors (Lipinski definition) is 1. The number of hydrogen-bond acceptors (Lipinski definition) is 3. The van der Waals surface area contributed by atoms with Gasteiger partial charge >= 0.3 is 0 Å². The van der Waals surface area contributed by atoms with Crippen LogP contribution in [0.4, 0.5) is 5.13 Å². The summed E-state index contributed by atoms with van der Waals surface area (Å²) in [6.07, 6.45) is 0. The van der Waals surface area contributed by atoms with Gasteiger partial charge in [0.15, 0.2) is 5.13 Å². The molecule has 0 amide bonds. The zero-order valence-corrected chi connectivity index (χ0v) is 11.9. The number of thiazole rings is 1. The zero-order valence-electron chi connectivity index (χ0n) is 11.1. The molecule has 0 unspecified atom stereocenters. The molecule has 0 saturated carbocycles. The van der Waals surface area contributed by atoms with Crippen molar-refractivity contribution in [2.45, 2.75) is 19.3 Å². The van der Waals surface area contributed by atoms with E-state index in [1.165, 1.54) is 27.7 Å². The maximum Gasteiger partial charge on any atom is 0.180 e. The predicted octanol–water partition coefficient (Wildman–Crippen LogP) is 4.20. The summed E-state index contributed by atoms with van der Waals surface area (Å²) >= 11 is 1.50. The van der Waals surface area contributed by atoms with Crippen LogP contribution in [0.2, 0.25) is 0 Å². The van der Waals surface area contributed by atoms with E-state index in [9.17, 15) is 0 Å². The number of benzene rings is 2. The molecule has 1 heterocycles. The van der Waals surface area contributed by atoms with Gasteiger partial charge in [0.1, 0.15) is 0 Å². The molecule has 2 aromatic carbocycles. The van der Waals surface area contributed by atoms with Gasteiger partial charge in [-0.2, -0.15) is 0 Å². The second kappa shape index (κ2) is 4.35. The lowest BCUT2D eigenvalue weighted by Crippen LogP contribution is -2.19. The van der Waals surface area contributed by atoms with Gasteiger partial charge in [0, 0.05) is 10.8 Å². The van der Waals surface area contributed by atoms with Gasteiger partial charge in [0.05, 0.1) is 5.69 Å². The van der Waals surface area contributed by atoms with Crippen molar-refractivity contribution in [3.8, 4) is 0 Å². The topological polar surface area (TPSA) is 38.9 Å². The predicted molar refractivity (Wildman–Crippen MR) is 82.6 cm³/mol. The minimum absolute atomic E-state index is 0.144. The Kier molecular flexibility index (Phi) is 2.79. The first-order valence-corrected chi connectivity index (χ1v) is 7.17. The van der Waals surface area contributed by atoms with Gasteiger partial charge in [0.25, 0.3) is 0 Å². The molecule has 96 valence electrons. The highest BCUT2D eigenvalue weighted by molar-refractivity contribution is 7.13. The van der Waals surface area contributed by atoms with E-state index in [0.717, 1.165) is 5.69 Å². The third-order valence-corrected chi connectivity index (χ3v) is 4.30. The third kappa shape index (κ3) is 2.00. The van der Waals surface area contributed by atoms with Crippen molar-refractivity contribution in [2.75, 3.05) is 5.73 Å². The SMILES string of the molecule is CC(C)(c1csc(N)n1)c1cccc2ccccc12. The Morgan fingerprint density at radius 3 is 2.53 bits per heavy atom. The molecule has 0 aliphatic heterocycles. The average molecular weight is 268 g/mol. The van der Waals surface area contributed by atoms with Gasteiger partial charge in [-0.3, -0.25) is 0 Å². The second-order valence-electron chi connectivity index (χ2n) is 5.22. The minimum atomic E-state index is -0.144. The van der Waals surface area contributed by atoms with Crippen LogP contribution in [-0.2, 0) is 5.41 Å². The van der Waals surface area contributed by atoms with Crippen LogP contribution < -0.4 is 5.73 Å². The standard InChI is InChI=1S/C16H16N2S/c1-16(2,14-10-19-15(17)18-14)13-9-5-7-11-6-3-4-8-12(11)13/h3-10H,1-2H3,(H2,17,18). The average Bonchev–Trinajstić information content (AvgIpc) is 2.85. The summed E-state index contributed by atoms with van der Waals surface area (Å²) in [6, 6.07) is 14.9. The molecule has 3 rings (SSSR count). The number of aromatic nitrogens is 1. The van der Waals surface area contributed by atoms with Gasteiger partial charge in [-0.05, 0) is 16.3 Å². The van der Waals surface area contributed by atoms with Crippen LogP contribution >= 0.6 is 11.3 Å². The monoisotopic (exact) mass is 268 g/mol. The van der Waals surface area contributed by atoms with Gasteiger partial charge < -0.3 is 5.73 Å². The smallest absolute Gasteiger partial charge is 0.180 e. The number of nitrogens with zero attached hydrogens (tertiary/aromatic N) is 1. The van der Waals surface area contributed by atoms with Crippen LogP contribution in [0.15, 0.2) is 47.8 Å². The van der Waals surface area contributed by atoms with E-state index in [1.54, 1.807) is 0 Å². The van der Waals surface area contributed by atoms with Gasteiger partial charge in [-0.25, -0.2) is 4.98 Å². The highest BCUT2D eigenvalue weighted by atomic mass is 32.1. The van der Waals surface area contributed by atoms with Crippen molar-refractivity contribution in [3.63, 3.8) is 0 Å². The maximum absolute atomic E-state index is 5.77. The Labute approximate surface area is 116 Å². The Balaban J connectivity index is 2.23. The molecule has 19 heavy (non-hydrogen) atoms. The molecule has 0 aliphatic carbocycles. The van der Waals surface area contributed by atoms with Crippen molar-refractivity contribution in [1.82, 2.24) is 4.98 Å². The van der Waals surface area contributed by atoms with Crippen molar-refractivity contribution in [1.29, 1.82) is 0 Å². The summed E-state index contributed by atoms with van der Waals surface area (Å²) < 4.78 is 0. The molecule has 0 atom stereocenters. The quantitative estimate of drug-likeness (QED) is 0.756. The Hall–Kier alpha value is -1.87. The Morgan fingerprint density at radius 1 is 1.05 bits per heavy atom. The number of nitrogens with two attached hydrogens (primary N) is 1. The molecule has 0 radical (unpaired) electrons. The van der Waals surface area contributed by atoms with E-state index >= 15 is 0 Å². The van der Waals surface area contributed by atoms with Crippen LogP contribution in [-0.4, -0.2) is 4.98 Å². The lowest BCUT2D eigenvalue weighted by molar-refractivity contribution is 0.628. The van der Waals surface area contributed by atoms with Crippen molar-refractivity contribution in [2.24, 2.45) is 0 Å². The highest BCUT2D eigenvalue weighted by Crippen LogP contribution is 2.36. The van der Waals surface area contributed by atoms with Gasteiger partial charge in [0.2, 0.25) is 0 Å². The summed E-state index contributed by atoms with van der Waals surface area (Å²) in [7, 11) is 0. The lowest BCUT2D eigenvalue weighted by Gasteiger charge is -2.25. The Morgan fingerprint density at radius 2 is 1.79 bits per heavy atom. The third-order valence-electron chi connectivity index (χ3n) is 3.63. The van der Waals surface area contributed by atoms with E-state index < -0.39 is 0 Å². The minimum Gasteiger partial charge on any atom is -0.375 e. The molecule has 2 N–H and O–H groups in total. The van der Waals surface area contributed by atoms with Crippen LogP contribution in [0.1, 0.15) is 25.1 Å². The molecule has 0 aliphatic rings. The molecular formula is C16H16N2S. The number of fused-ring (bicyclic) bond motifs is 1. The van der Waals surface area contributed by atoms with Crippen LogP contribution in [0.3, 0.4) is 0 Å². The summed E-state index contributed by atoms with van der Waals surface area (Å²) in [5.74, 6) is 0. The fourth-order valence-corrected chi connectivity index (χ4v) is 3.21. The van der Waals surface area contributed by atoms with Crippen LogP contribution in [0.5, 0.6) is 0 Å². The van der Waals surface area contributed by atoms with E-state index in [0.29, 0.717) is 5.13 Å². The fourth-order valence-electron chi connectivity index (χ4n) is 2.48. The van der Waals surface area contributed by atoms with Crippen molar-refractivity contribution in [3.05, 3.63) is 59.1 Å². The van der Waals surface area contributed by atoms with Gasteiger partial charge in [-0.15, -0.1) is 11.3 Å². The summed E-state index contributed by atoms with van der Waals surface area (Å²) in [6.45, 7) is 4.40. The van der Waals surface area contributed by atoms with Crippen LogP contribution in [0, 0.1) is 0 Å². The maximum atomic E-state index is 5.77. The highest BCUT2D eigenvalue weighted by Gasteiger charge is 2.27. The number of nitrogen functional groups attached to an aromatic ring is 1. The van der Waals surface area contributed by atoms with Crippen molar-refractivity contribution < 1.29 is 0 Å². The molecule has 1 aromatic heterocycles. The summed E-state index contributed by atoms with van der Waals surface area (Å²) in [5.41, 5.74) is 7.95. The zero-order chi connectivity index (χ0) is 13.5. The first kappa shape index (κ1) is 12.2. The lowest BCUT2D eigenvalue weighted by atomic mass is 9.79. The van der Waals surface area contributed by atoms with E-state index in [4.69, 9.17) is 5.73 Å². The molecule has 0 fully saturated rings. The first-order chi connectivity index (χ1) is 9.09. The molecule has 0 saturated heterocycles.